The maximum absolute atomic E-state index is 12.4. The second-order valence-corrected chi connectivity index (χ2v) is 6.77. The molecule has 2 rings (SSSR count). The zero-order valence-electron chi connectivity index (χ0n) is 16.7. The number of methoxy groups -OCH3 is 1. The van der Waals surface area contributed by atoms with Crippen molar-refractivity contribution in [3.05, 3.63) is 59.2 Å². The van der Waals surface area contributed by atoms with Crippen LogP contribution >= 0.6 is 0 Å². The molecule has 0 aliphatic carbocycles. The lowest BCUT2D eigenvalue weighted by Gasteiger charge is -2.17. The molecule has 2 aromatic carbocycles. The molecule has 1 N–H and O–H groups in total. The van der Waals surface area contributed by atoms with Crippen LogP contribution < -0.4 is 10.1 Å². The van der Waals surface area contributed by atoms with Crippen molar-refractivity contribution in [1.29, 1.82) is 0 Å². The fourth-order valence-corrected chi connectivity index (χ4v) is 2.79. The number of ketones is 1. The van der Waals surface area contributed by atoms with Gasteiger partial charge in [0.25, 0.3) is 0 Å². The molecule has 0 aliphatic heterocycles. The summed E-state index contributed by atoms with van der Waals surface area (Å²) in [5.41, 5.74) is 3.14. The number of aryl methyl sites for hydroxylation is 2. The molecule has 2 amide bonds. The summed E-state index contributed by atoms with van der Waals surface area (Å²) in [6, 6.07) is 12.7. The van der Waals surface area contributed by atoms with Gasteiger partial charge in [0.15, 0.2) is 5.78 Å². The standard InChI is InChI=1S/C22H26N2O4/c1-15-8-9-16(2)19(12-15)20(25)10-11-22(27)24(3)14-21(26)23-17-6-5-7-18(13-17)28-4/h5-9,12-13H,10-11,14H2,1-4H3,(H,23,26). The number of nitrogens with zero attached hydrogens (tertiary/aromatic N) is 1. The van der Waals surface area contributed by atoms with Crippen LogP contribution in [0.1, 0.15) is 34.3 Å². The Balaban J connectivity index is 1.85. The van der Waals surface area contributed by atoms with E-state index in [1.54, 1.807) is 38.4 Å². The van der Waals surface area contributed by atoms with Crippen LogP contribution in [-0.2, 0) is 9.59 Å². The summed E-state index contributed by atoms with van der Waals surface area (Å²) in [6.45, 7) is 3.72. The second kappa shape index (κ2) is 9.69. The lowest BCUT2D eigenvalue weighted by atomic mass is 9.99. The van der Waals surface area contributed by atoms with E-state index >= 15 is 0 Å². The predicted molar refractivity (Wildman–Crippen MR) is 109 cm³/mol. The van der Waals surface area contributed by atoms with Crippen LogP contribution in [0, 0.1) is 13.8 Å². The molecule has 0 saturated heterocycles. The van der Waals surface area contributed by atoms with Crippen LogP contribution in [0.5, 0.6) is 5.75 Å². The first-order valence-corrected chi connectivity index (χ1v) is 9.08. The normalized spacial score (nSPS) is 10.3. The molecule has 2 aromatic rings. The molecule has 6 heteroatoms. The zero-order chi connectivity index (χ0) is 20.7. The number of likely N-dealkylation sites (N-methyl/N-ethyl adjacent to an activating group) is 1. The highest BCUT2D eigenvalue weighted by Gasteiger charge is 2.16. The molecule has 28 heavy (non-hydrogen) atoms. The SMILES string of the molecule is COc1cccc(NC(=O)CN(C)C(=O)CCC(=O)c2cc(C)ccc2C)c1. The Hall–Kier alpha value is -3.15. The smallest absolute Gasteiger partial charge is 0.243 e. The summed E-state index contributed by atoms with van der Waals surface area (Å²) >= 11 is 0. The number of anilines is 1. The maximum Gasteiger partial charge on any atom is 0.243 e. The number of carbonyl (C=O) groups is 3. The van der Waals surface area contributed by atoms with Crippen molar-refractivity contribution in [2.75, 3.05) is 26.0 Å². The van der Waals surface area contributed by atoms with E-state index in [-0.39, 0.29) is 37.0 Å². The number of benzene rings is 2. The summed E-state index contributed by atoms with van der Waals surface area (Å²) in [5.74, 6) is 0.000346. The molecule has 0 atom stereocenters. The van der Waals surface area contributed by atoms with Crippen molar-refractivity contribution in [1.82, 2.24) is 4.90 Å². The molecule has 0 fully saturated rings. The Morgan fingerprint density at radius 2 is 1.79 bits per heavy atom. The van der Waals surface area contributed by atoms with Gasteiger partial charge in [-0.25, -0.2) is 0 Å². The largest absolute Gasteiger partial charge is 0.497 e. The van der Waals surface area contributed by atoms with E-state index in [2.05, 4.69) is 5.32 Å². The number of carbonyl (C=O) groups excluding carboxylic acids is 3. The van der Waals surface area contributed by atoms with E-state index in [1.165, 1.54) is 4.90 Å². The number of rotatable bonds is 8. The number of ether oxygens (including phenoxy) is 1. The molecule has 0 radical (unpaired) electrons. The number of hydrogen-bond acceptors (Lipinski definition) is 4. The minimum absolute atomic E-state index is 0.0646. The molecular formula is C22H26N2O4. The molecule has 0 saturated carbocycles. The van der Waals surface area contributed by atoms with Gasteiger partial charge < -0.3 is 15.0 Å². The van der Waals surface area contributed by atoms with Crippen molar-refractivity contribution in [3.63, 3.8) is 0 Å². The third-order valence-electron chi connectivity index (χ3n) is 4.42. The zero-order valence-corrected chi connectivity index (χ0v) is 16.7. The van der Waals surface area contributed by atoms with Gasteiger partial charge in [0, 0.05) is 37.2 Å². The van der Waals surface area contributed by atoms with Gasteiger partial charge >= 0.3 is 0 Å². The third kappa shape index (κ3) is 5.94. The fraction of sp³-hybridized carbons (Fsp3) is 0.318. The highest BCUT2D eigenvalue weighted by molar-refractivity contribution is 6.00. The third-order valence-corrected chi connectivity index (χ3v) is 4.42. The van der Waals surface area contributed by atoms with Gasteiger partial charge in [-0.05, 0) is 37.6 Å². The number of nitrogens with one attached hydrogen (secondary N) is 1. The van der Waals surface area contributed by atoms with Crippen LogP contribution in [0.4, 0.5) is 5.69 Å². The average Bonchev–Trinajstić information content (AvgIpc) is 2.67. The molecule has 0 bridgehead atoms. The second-order valence-electron chi connectivity index (χ2n) is 6.77. The van der Waals surface area contributed by atoms with E-state index in [0.29, 0.717) is 17.0 Å². The van der Waals surface area contributed by atoms with Crippen LogP contribution in [0.2, 0.25) is 0 Å². The molecule has 0 unspecified atom stereocenters. The lowest BCUT2D eigenvalue weighted by molar-refractivity contribution is -0.133. The minimum atomic E-state index is -0.315. The van der Waals surface area contributed by atoms with Crippen LogP contribution in [-0.4, -0.2) is 43.2 Å². The summed E-state index contributed by atoms with van der Waals surface area (Å²) < 4.78 is 5.11. The Bertz CT molecular complexity index is 877. The molecule has 6 nitrogen and oxygen atoms in total. The van der Waals surface area contributed by atoms with Crippen LogP contribution in [0.25, 0.3) is 0 Å². The van der Waals surface area contributed by atoms with Crippen molar-refractivity contribution < 1.29 is 19.1 Å². The number of amides is 2. The molecule has 0 aliphatic rings. The van der Waals surface area contributed by atoms with Gasteiger partial charge in [-0.1, -0.05) is 23.8 Å². The Morgan fingerprint density at radius 3 is 2.50 bits per heavy atom. The molecule has 0 aromatic heterocycles. The monoisotopic (exact) mass is 382 g/mol. The van der Waals surface area contributed by atoms with Gasteiger partial charge in [0.05, 0.1) is 13.7 Å². The van der Waals surface area contributed by atoms with Gasteiger partial charge in [0.1, 0.15) is 5.75 Å². The van der Waals surface area contributed by atoms with Gasteiger partial charge in [0.2, 0.25) is 11.8 Å². The Kier molecular flexibility index (Phi) is 7.32. The first-order valence-electron chi connectivity index (χ1n) is 9.08. The van der Waals surface area contributed by atoms with E-state index < -0.39 is 0 Å². The van der Waals surface area contributed by atoms with Gasteiger partial charge in [-0.2, -0.15) is 0 Å². The van der Waals surface area contributed by atoms with Gasteiger partial charge in [-0.3, -0.25) is 14.4 Å². The lowest BCUT2D eigenvalue weighted by Crippen LogP contribution is -2.35. The van der Waals surface area contributed by atoms with Gasteiger partial charge in [-0.15, -0.1) is 0 Å². The van der Waals surface area contributed by atoms with E-state index in [0.717, 1.165) is 11.1 Å². The van der Waals surface area contributed by atoms with Crippen molar-refractivity contribution in [2.24, 2.45) is 0 Å². The fourth-order valence-electron chi connectivity index (χ4n) is 2.79. The first kappa shape index (κ1) is 21.2. The summed E-state index contributed by atoms with van der Waals surface area (Å²) in [4.78, 5) is 38.2. The van der Waals surface area contributed by atoms with E-state index in [9.17, 15) is 14.4 Å². The Labute approximate surface area is 165 Å². The molecule has 0 spiro atoms. The average molecular weight is 382 g/mol. The van der Waals surface area contributed by atoms with Crippen molar-refractivity contribution >= 4 is 23.3 Å². The first-order chi connectivity index (χ1) is 13.3. The minimum Gasteiger partial charge on any atom is -0.497 e. The summed E-state index contributed by atoms with van der Waals surface area (Å²) in [6.07, 6.45) is 0.181. The molecular weight excluding hydrogens is 356 g/mol. The maximum atomic E-state index is 12.4. The highest BCUT2D eigenvalue weighted by atomic mass is 16.5. The number of Topliss-reactive ketones (excluding diaryl/α,β-unsaturated/α-hetero) is 1. The highest BCUT2D eigenvalue weighted by Crippen LogP contribution is 2.17. The molecule has 0 heterocycles. The van der Waals surface area contributed by atoms with Crippen LogP contribution in [0.3, 0.4) is 0 Å². The van der Waals surface area contributed by atoms with Crippen molar-refractivity contribution in [2.45, 2.75) is 26.7 Å². The quantitative estimate of drug-likeness (QED) is 0.710. The Morgan fingerprint density at radius 1 is 1.04 bits per heavy atom. The van der Waals surface area contributed by atoms with E-state index in [4.69, 9.17) is 4.74 Å². The summed E-state index contributed by atoms with van der Waals surface area (Å²) in [5, 5.41) is 2.73. The van der Waals surface area contributed by atoms with Crippen LogP contribution in [0.15, 0.2) is 42.5 Å². The summed E-state index contributed by atoms with van der Waals surface area (Å²) in [7, 11) is 3.10. The van der Waals surface area contributed by atoms with E-state index in [1.807, 2.05) is 32.0 Å². The van der Waals surface area contributed by atoms with Crippen molar-refractivity contribution in [3.8, 4) is 5.75 Å². The topological polar surface area (TPSA) is 75.7 Å². The predicted octanol–water partition coefficient (Wildman–Crippen LogP) is 3.37. The number of hydrogen-bond donors (Lipinski definition) is 1. The molecule has 148 valence electrons.